The van der Waals surface area contributed by atoms with Crippen molar-refractivity contribution < 1.29 is 9.52 Å². The van der Waals surface area contributed by atoms with Crippen molar-refractivity contribution in [3.05, 3.63) is 23.1 Å². The number of halogens is 1. The Hall–Kier alpha value is -0.470. The molecule has 1 aromatic rings. The highest BCUT2D eigenvalue weighted by Crippen LogP contribution is 2.27. The first-order valence-electron chi connectivity index (χ1n) is 5.10. The monoisotopic (exact) mass is 216 g/mol. The van der Waals surface area contributed by atoms with Crippen molar-refractivity contribution in [3.8, 4) is 0 Å². The predicted molar refractivity (Wildman–Crippen MR) is 57.4 cm³/mol. The maximum absolute atomic E-state index is 9.81. The number of hydrogen-bond donors (Lipinski definition) is 1. The van der Waals surface area contributed by atoms with Crippen LogP contribution >= 0.6 is 11.6 Å². The van der Waals surface area contributed by atoms with Crippen LogP contribution < -0.4 is 0 Å². The molecule has 1 N–H and O–H groups in total. The standard InChI is InChI=1S/C11H17ClO2/c1-3-8(4-2)7-9(13)10-5-6-11(12)14-10/h5-6,8-9,13H,3-4,7H2,1-2H3. The maximum atomic E-state index is 9.81. The summed E-state index contributed by atoms with van der Waals surface area (Å²) in [5, 5.41) is 10.2. The van der Waals surface area contributed by atoms with Crippen molar-refractivity contribution >= 4 is 11.6 Å². The molecular formula is C11H17ClO2. The van der Waals surface area contributed by atoms with Gasteiger partial charge in [-0.2, -0.15) is 0 Å². The van der Waals surface area contributed by atoms with E-state index in [2.05, 4.69) is 13.8 Å². The van der Waals surface area contributed by atoms with E-state index >= 15 is 0 Å². The molecule has 0 amide bonds. The highest BCUT2D eigenvalue weighted by Gasteiger charge is 2.16. The highest BCUT2D eigenvalue weighted by atomic mass is 35.5. The molecule has 1 aromatic heterocycles. The molecule has 1 heterocycles. The van der Waals surface area contributed by atoms with Crippen LogP contribution in [0.1, 0.15) is 45.0 Å². The summed E-state index contributed by atoms with van der Waals surface area (Å²) in [6, 6.07) is 3.39. The second-order valence-corrected chi connectivity index (χ2v) is 3.95. The van der Waals surface area contributed by atoms with Crippen LogP contribution in [0.2, 0.25) is 5.22 Å². The minimum Gasteiger partial charge on any atom is -0.447 e. The summed E-state index contributed by atoms with van der Waals surface area (Å²) in [4.78, 5) is 0. The smallest absolute Gasteiger partial charge is 0.193 e. The van der Waals surface area contributed by atoms with Crippen LogP contribution in [-0.4, -0.2) is 5.11 Å². The van der Waals surface area contributed by atoms with Crippen LogP contribution in [0.3, 0.4) is 0 Å². The van der Waals surface area contributed by atoms with Crippen molar-refractivity contribution in [2.24, 2.45) is 5.92 Å². The largest absolute Gasteiger partial charge is 0.447 e. The van der Waals surface area contributed by atoms with Crippen LogP contribution in [0.15, 0.2) is 16.5 Å². The summed E-state index contributed by atoms with van der Waals surface area (Å²) in [5.41, 5.74) is 0. The number of rotatable bonds is 5. The molecule has 2 nitrogen and oxygen atoms in total. The van der Waals surface area contributed by atoms with Gasteiger partial charge in [-0.15, -0.1) is 0 Å². The minimum atomic E-state index is -0.521. The van der Waals surface area contributed by atoms with E-state index < -0.39 is 6.10 Å². The van der Waals surface area contributed by atoms with Crippen molar-refractivity contribution in [1.82, 2.24) is 0 Å². The average Bonchev–Trinajstić information content (AvgIpc) is 2.61. The Labute approximate surface area is 89.9 Å². The van der Waals surface area contributed by atoms with Crippen LogP contribution in [0.4, 0.5) is 0 Å². The fourth-order valence-corrected chi connectivity index (χ4v) is 1.71. The molecule has 1 rings (SSSR count). The molecule has 0 aliphatic rings. The normalized spacial score (nSPS) is 13.5. The average molecular weight is 217 g/mol. The lowest BCUT2D eigenvalue weighted by Gasteiger charge is -2.15. The summed E-state index contributed by atoms with van der Waals surface area (Å²) in [5.74, 6) is 1.12. The first-order valence-corrected chi connectivity index (χ1v) is 5.48. The number of aliphatic hydroxyl groups excluding tert-OH is 1. The Balaban J connectivity index is 2.53. The summed E-state index contributed by atoms with van der Waals surface area (Å²) < 4.78 is 5.15. The third-order valence-corrected chi connectivity index (χ3v) is 2.84. The lowest BCUT2D eigenvalue weighted by molar-refractivity contribution is 0.117. The molecule has 1 unspecified atom stereocenters. The van der Waals surface area contributed by atoms with Crippen LogP contribution in [0.25, 0.3) is 0 Å². The Bertz CT molecular complexity index is 266. The summed E-state index contributed by atoms with van der Waals surface area (Å²) in [6.07, 6.45) is 2.40. The van der Waals surface area contributed by atoms with Crippen molar-refractivity contribution in [3.63, 3.8) is 0 Å². The lowest BCUT2D eigenvalue weighted by Crippen LogP contribution is -2.05. The van der Waals surface area contributed by atoms with E-state index in [-0.39, 0.29) is 0 Å². The predicted octanol–water partition coefficient (Wildman–Crippen LogP) is 3.79. The fourth-order valence-electron chi connectivity index (χ4n) is 1.56. The molecule has 0 aliphatic carbocycles. The zero-order valence-corrected chi connectivity index (χ0v) is 9.42. The van der Waals surface area contributed by atoms with E-state index in [0.29, 0.717) is 16.9 Å². The van der Waals surface area contributed by atoms with Gasteiger partial charge in [-0.05, 0) is 36.1 Å². The number of aliphatic hydroxyl groups is 1. The van der Waals surface area contributed by atoms with Gasteiger partial charge in [-0.3, -0.25) is 0 Å². The SMILES string of the molecule is CCC(CC)CC(O)c1ccc(Cl)o1. The van der Waals surface area contributed by atoms with E-state index in [0.717, 1.165) is 19.3 Å². The van der Waals surface area contributed by atoms with E-state index in [1.165, 1.54) is 0 Å². The second-order valence-electron chi connectivity index (χ2n) is 3.58. The quantitative estimate of drug-likeness (QED) is 0.813. The zero-order chi connectivity index (χ0) is 10.6. The zero-order valence-electron chi connectivity index (χ0n) is 8.66. The van der Waals surface area contributed by atoms with Crippen molar-refractivity contribution in [1.29, 1.82) is 0 Å². The summed E-state index contributed by atoms with van der Waals surface area (Å²) >= 11 is 5.63. The van der Waals surface area contributed by atoms with E-state index in [9.17, 15) is 5.11 Å². The first kappa shape index (κ1) is 11.6. The minimum absolute atomic E-state index is 0.337. The maximum Gasteiger partial charge on any atom is 0.193 e. The lowest BCUT2D eigenvalue weighted by atomic mass is 9.95. The number of furan rings is 1. The van der Waals surface area contributed by atoms with Gasteiger partial charge < -0.3 is 9.52 Å². The fraction of sp³-hybridized carbons (Fsp3) is 0.636. The molecule has 0 bridgehead atoms. The molecule has 0 fully saturated rings. The molecule has 0 radical (unpaired) electrons. The Morgan fingerprint density at radius 1 is 1.36 bits per heavy atom. The van der Waals surface area contributed by atoms with Gasteiger partial charge in [-0.25, -0.2) is 0 Å². The van der Waals surface area contributed by atoms with E-state index in [1.807, 2.05) is 0 Å². The van der Waals surface area contributed by atoms with Gasteiger partial charge in [-0.1, -0.05) is 26.7 Å². The van der Waals surface area contributed by atoms with Gasteiger partial charge in [0.15, 0.2) is 5.22 Å². The number of hydrogen-bond acceptors (Lipinski definition) is 2. The Morgan fingerprint density at radius 3 is 2.43 bits per heavy atom. The first-order chi connectivity index (χ1) is 6.67. The summed E-state index contributed by atoms with van der Waals surface area (Å²) in [6.45, 7) is 4.27. The van der Waals surface area contributed by atoms with E-state index in [4.69, 9.17) is 16.0 Å². The Morgan fingerprint density at radius 2 is 2.00 bits per heavy atom. The van der Waals surface area contributed by atoms with Crippen LogP contribution in [-0.2, 0) is 0 Å². The van der Waals surface area contributed by atoms with Crippen LogP contribution in [0.5, 0.6) is 0 Å². The topological polar surface area (TPSA) is 33.4 Å². The highest BCUT2D eigenvalue weighted by molar-refractivity contribution is 6.28. The van der Waals surface area contributed by atoms with Crippen molar-refractivity contribution in [2.45, 2.75) is 39.2 Å². The van der Waals surface area contributed by atoms with Gasteiger partial charge in [0.25, 0.3) is 0 Å². The molecule has 14 heavy (non-hydrogen) atoms. The molecule has 0 saturated carbocycles. The van der Waals surface area contributed by atoms with Crippen LogP contribution in [0, 0.1) is 5.92 Å². The Kier molecular flexibility index (Phi) is 4.49. The molecule has 80 valence electrons. The molecule has 0 spiro atoms. The molecule has 1 atom stereocenters. The third kappa shape index (κ3) is 3.03. The van der Waals surface area contributed by atoms with Crippen molar-refractivity contribution in [2.75, 3.05) is 0 Å². The molecule has 3 heteroatoms. The molecule has 0 aromatic carbocycles. The van der Waals surface area contributed by atoms with Gasteiger partial charge in [0.2, 0.25) is 0 Å². The summed E-state index contributed by atoms with van der Waals surface area (Å²) in [7, 11) is 0. The second kappa shape index (κ2) is 5.42. The van der Waals surface area contributed by atoms with Gasteiger partial charge in [0.05, 0.1) is 0 Å². The molecule has 0 saturated heterocycles. The van der Waals surface area contributed by atoms with Gasteiger partial charge in [0.1, 0.15) is 11.9 Å². The van der Waals surface area contributed by atoms with E-state index in [1.54, 1.807) is 12.1 Å². The molecule has 0 aliphatic heterocycles. The van der Waals surface area contributed by atoms with Gasteiger partial charge >= 0.3 is 0 Å². The molecular weight excluding hydrogens is 200 g/mol. The van der Waals surface area contributed by atoms with Gasteiger partial charge in [0, 0.05) is 0 Å². The third-order valence-electron chi connectivity index (χ3n) is 2.63.